The molecule has 1 aromatic carbocycles. The molecule has 0 aliphatic heterocycles. The molecule has 0 spiro atoms. The standard InChI is InChI=1S/C15H16FN3O3/c1-9(2)19(8-10-3-5-11(16)6-4-10)14(20)12-7-13(15(21)22)18-17-12/h3-7,9H,8H2,1-2H3,(H,17,18)(H,21,22). The lowest BCUT2D eigenvalue weighted by Gasteiger charge is -2.26. The number of aromatic amines is 1. The van der Waals surface area contributed by atoms with Gasteiger partial charge in [0.1, 0.15) is 11.5 Å². The van der Waals surface area contributed by atoms with Crippen molar-refractivity contribution in [3.05, 3.63) is 53.1 Å². The van der Waals surface area contributed by atoms with Gasteiger partial charge in [0, 0.05) is 18.7 Å². The molecule has 1 aromatic heterocycles. The largest absolute Gasteiger partial charge is 0.477 e. The van der Waals surface area contributed by atoms with Crippen LogP contribution >= 0.6 is 0 Å². The lowest BCUT2D eigenvalue weighted by Crippen LogP contribution is -2.36. The van der Waals surface area contributed by atoms with Gasteiger partial charge in [0.25, 0.3) is 5.91 Å². The predicted octanol–water partition coefficient (Wildman–Crippen LogP) is 2.30. The van der Waals surface area contributed by atoms with Gasteiger partial charge in [0.15, 0.2) is 5.69 Å². The SMILES string of the molecule is CC(C)N(Cc1ccc(F)cc1)C(=O)c1cc(C(=O)O)[nH]n1. The zero-order chi connectivity index (χ0) is 16.3. The van der Waals surface area contributed by atoms with Crippen LogP contribution in [0.1, 0.15) is 40.4 Å². The molecule has 6 nitrogen and oxygen atoms in total. The molecule has 0 unspecified atom stereocenters. The summed E-state index contributed by atoms with van der Waals surface area (Å²) in [4.78, 5) is 24.8. The van der Waals surface area contributed by atoms with Crippen LogP contribution in [-0.4, -0.2) is 38.1 Å². The monoisotopic (exact) mass is 305 g/mol. The van der Waals surface area contributed by atoms with Gasteiger partial charge in [-0.2, -0.15) is 5.10 Å². The molecule has 0 bridgehead atoms. The van der Waals surface area contributed by atoms with Gasteiger partial charge in [0.2, 0.25) is 0 Å². The van der Waals surface area contributed by atoms with Crippen LogP contribution in [0.15, 0.2) is 30.3 Å². The summed E-state index contributed by atoms with van der Waals surface area (Å²) in [5.74, 6) is -1.91. The fraction of sp³-hybridized carbons (Fsp3) is 0.267. The van der Waals surface area contributed by atoms with Crippen molar-refractivity contribution in [1.29, 1.82) is 0 Å². The van der Waals surface area contributed by atoms with E-state index in [0.717, 1.165) is 5.56 Å². The van der Waals surface area contributed by atoms with Crippen LogP contribution in [0, 0.1) is 5.82 Å². The zero-order valence-electron chi connectivity index (χ0n) is 12.2. The topological polar surface area (TPSA) is 86.3 Å². The van der Waals surface area contributed by atoms with Crippen molar-refractivity contribution in [2.45, 2.75) is 26.4 Å². The molecule has 2 aromatic rings. The Morgan fingerprint density at radius 1 is 1.32 bits per heavy atom. The number of nitrogens with one attached hydrogen (secondary N) is 1. The van der Waals surface area contributed by atoms with Crippen molar-refractivity contribution in [3.63, 3.8) is 0 Å². The second-order valence-electron chi connectivity index (χ2n) is 5.13. The number of carbonyl (C=O) groups is 2. The minimum absolute atomic E-state index is 0.0354. The molecule has 0 radical (unpaired) electrons. The highest BCUT2D eigenvalue weighted by Gasteiger charge is 2.22. The maximum Gasteiger partial charge on any atom is 0.353 e. The number of aromatic carboxylic acids is 1. The molecule has 2 N–H and O–H groups in total. The number of benzene rings is 1. The Morgan fingerprint density at radius 3 is 2.45 bits per heavy atom. The van der Waals surface area contributed by atoms with E-state index >= 15 is 0 Å². The molecule has 0 aliphatic carbocycles. The van der Waals surface area contributed by atoms with Crippen LogP contribution in [0.4, 0.5) is 4.39 Å². The average Bonchev–Trinajstić information content (AvgIpc) is 2.95. The van der Waals surface area contributed by atoms with E-state index in [4.69, 9.17) is 5.11 Å². The van der Waals surface area contributed by atoms with E-state index in [1.807, 2.05) is 13.8 Å². The first-order chi connectivity index (χ1) is 10.4. The number of hydrogen-bond donors (Lipinski definition) is 2. The zero-order valence-corrected chi connectivity index (χ0v) is 12.2. The molecule has 7 heteroatoms. The van der Waals surface area contributed by atoms with Crippen LogP contribution in [0.5, 0.6) is 0 Å². The van der Waals surface area contributed by atoms with E-state index < -0.39 is 5.97 Å². The van der Waals surface area contributed by atoms with E-state index in [2.05, 4.69) is 10.2 Å². The molecular formula is C15H16FN3O3. The Labute approximate surface area is 126 Å². The Hall–Kier alpha value is -2.70. The summed E-state index contributed by atoms with van der Waals surface area (Å²) in [5.41, 5.74) is 0.666. The average molecular weight is 305 g/mol. The molecule has 0 saturated carbocycles. The number of halogens is 1. The Kier molecular flexibility index (Phi) is 4.55. The van der Waals surface area contributed by atoms with Crippen LogP contribution in [0.2, 0.25) is 0 Å². The highest BCUT2D eigenvalue weighted by atomic mass is 19.1. The summed E-state index contributed by atoms with van der Waals surface area (Å²) in [6, 6.07) is 6.94. The lowest BCUT2D eigenvalue weighted by atomic mass is 10.1. The van der Waals surface area contributed by atoms with E-state index in [1.54, 1.807) is 12.1 Å². The van der Waals surface area contributed by atoms with Crippen molar-refractivity contribution in [1.82, 2.24) is 15.1 Å². The minimum atomic E-state index is -1.18. The molecule has 1 amide bonds. The number of amides is 1. The molecular weight excluding hydrogens is 289 g/mol. The van der Waals surface area contributed by atoms with Gasteiger partial charge in [-0.3, -0.25) is 9.89 Å². The van der Waals surface area contributed by atoms with E-state index in [0.29, 0.717) is 0 Å². The molecule has 0 fully saturated rings. The summed E-state index contributed by atoms with van der Waals surface area (Å²) in [6.45, 7) is 3.96. The highest BCUT2D eigenvalue weighted by molar-refractivity contribution is 5.95. The second-order valence-corrected chi connectivity index (χ2v) is 5.13. The van der Waals surface area contributed by atoms with Gasteiger partial charge in [0.05, 0.1) is 0 Å². The van der Waals surface area contributed by atoms with Crippen molar-refractivity contribution in [2.75, 3.05) is 0 Å². The third-order valence-electron chi connectivity index (χ3n) is 3.18. The molecule has 0 aliphatic rings. The fourth-order valence-electron chi connectivity index (χ4n) is 1.96. The molecule has 0 saturated heterocycles. The van der Waals surface area contributed by atoms with E-state index in [-0.39, 0.29) is 35.7 Å². The van der Waals surface area contributed by atoms with E-state index in [9.17, 15) is 14.0 Å². The molecule has 22 heavy (non-hydrogen) atoms. The van der Waals surface area contributed by atoms with Gasteiger partial charge in [-0.25, -0.2) is 9.18 Å². The minimum Gasteiger partial charge on any atom is -0.477 e. The summed E-state index contributed by atoms with van der Waals surface area (Å²) < 4.78 is 12.9. The number of carboxylic acids is 1. The van der Waals surface area contributed by atoms with Crippen molar-refractivity contribution >= 4 is 11.9 Å². The fourth-order valence-corrected chi connectivity index (χ4v) is 1.96. The summed E-state index contributed by atoms with van der Waals surface area (Å²) in [6.07, 6.45) is 0. The lowest BCUT2D eigenvalue weighted by molar-refractivity contribution is 0.0680. The van der Waals surface area contributed by atoms with Crippen LogP contribution < -0.4 is 0 Å². The third-order valence-corrected chi connectivity index (χ3v) is 3.18. The number of rotatable bonds is 5. The Bertz CT molecular complexity index is 680. The summed E-state index contributed by atoms with van der Waals surface area (Å²) in [5, 5.41) is 14.9. The number of hydrogen-bond acceptors (Lipinski definition) is 3. The smallest absolute Gasteiger partial charge is 0.353 e. The number of carbonyl (C=O) groups excluding carboxylic acids is 1. The highest BCUT2D eigenvalue weighted by Crippen LogP contribution is 2.13. The number of carboxylic acid groups (broad SMARTS) is 1. The van der Waals surface area contributed by atoms with Gasteiger partial charge >= 0.3 is 5.97 Å². The Balaban J connectivity index is 2.21. The maximum absolute atomic E-state index is 12.9. The van der Waals surface area contributed by atoms with Crippen molar-refractivity contribution in [2.24, 2.45) is 0 Å². The van der Waals surface area contributed by atoms with Crippen molar-refractivity contribution < 1.29 is 19.1 Å². The quantitative estimate of drug-likeness (QED) is 0.887. The van der Waals surface area contributed by atoms with E-state index in [1.165, 1.54) is 23.1 Å². The first-order valence-electron chi connectivity index (χ1n) is 6.72. The number of nitrogens with zero attached hydrogens (tertiary/aromatic N) is 2. The normalized spacial score (nSPS) is 10.7. The van der Waals surface area contributed by atoms with Gasteiger partial charge in [-0.15, -0.1) is 0 Å². The molecule has 0 atom stereocenters. The summed E-state index contributed by atoms with van der Waals surface area (Å²) in [7, 11) is 0. The van der Waals surface area contributed by atoms with Gasteiger partial charge < -0.3 is 10.0 Å². The first-order valence-corrected chi connectivity index (χ1v) is 6.72. The van der Waals surface area contributed by atoms with Crippen LogP contribution in [0.25, 0.3) is 0 Å². The molecule has 2 rings (SSSR count). The number of aromatic nitrogens is 2. The van der Waals surface area contributed by atoms with Crippen LogP contribution in [0.3, 0.4) is 0 Å². The van der Waals surface area contributed by atoms with Crippen LogP contribution in [-0.2, 0) is 6.54 Å². The van der Waals surface area contributed by atoms with Gasteiger partial charge in [-0.1, -0.05) is 12.1 Å². The van der Waals surface area contributed by atoms with Crippen molar-refractivity contribution in [3.8, 4) is 0 Å². The maximum atomic E-state index is 12.9. The third kappa shape index (κ3) is 3.49. The van der Waals surface area contributed by atoms with Gasteiger partial charge in [-0.05, 0) is 31.5 Å². The number of H-pyrrole nitrogens is 1. The predicted molar refractivity (Wildman–Crippen MR) is 77.0 cm³/mol. The molecule has 1 heterocycles. The summed E-state index contributed by atoms with van der Waals surface area (Å²) >= 11 is 0. The molecule has 116 valence electrons. The first kappa shape index (κ1) is 15.7. The second kappa shape index (κ2) is 6.38. The Morgan fingerprint density at radius 2 is 1.95 bits per heavy atom.